The predicted molar refractivity (Wildman–Crippen MR) is 99.5 cm³/mol. The molecule has 0 saturated carbocycles. The summed E-state index contributed by atoms with van der Waals surface area (Å²) < 4.78 is 0. The van der Waals surface area contributed by atoms with Gasteiger partial charge in [-0.3, -0.25) is 9.69 Å². The van der Waals surface area contributed by atoms with Crippen molar-refractivity contribution < 1.29 is 9.59 Å². The van der Waals surface area contributed by atoms with E-state index in [9.17, 15) is 9.59 Å². The fraction of sp³-hybridized carbons (Fsp3) is 0.579. The molecule has 25 heavy (non-hydrogen) atoms. The van der Waals surface area contributed by atoms with Gasteiger partial charge in [0.1, 0.15) is 0 Å². The van der Waals surface area contributed by atoms with E-state index in [1.807, 2.05) is 43.9 Å². The number of nitrogens with one attached hydrogen (secondary N) is 2. The van der Waals surface area contributed by atoms with Crippen LogP contribution in [0.3, 0.4) is 0 Å². The third kappa shape index (κ3) is 7.13. The van der Waals surface area contributed by atoms with Crippen molar-refractivity contribution in [3.8, 4) is 0 Å². The topological polar surface area (TPSA) is 64.7 Å². The summed E-state index contributed by atoms with van der Waals surface area (Å²) in [5, 5.41) is 5.95. The highest BCUT2D eigenvalue weighted by molar-refractivity contribution is 5.79. The number of rotatable bonds is 5. The highest BCUT2D eigenvalue weighted by Crippen LogP contribution is 2.04. The zero-order valence-corrected chi connectivity index (χ0v) is 15.5. The second kappa shape index (κ2) is 8.85. The van der Waals surface area contributed by atoms with E-state index >= 15 is 0 Å². The van der Waals surface area contributed by atoms with Gasteiger partial charge in [0.15, 0.2) is 0 Å². The largest absolute Gasteiger partial charge is 0.350 e. The van der Waals surface area contributed by atoms with Gasteiger partial charge in [0.05, 0.1) is 6.54 Å². The molecule has 0 unspecified atom stereocenters. The van der Waals surface area contributed by atoms with Crippen LogP contribution in [0.1, 0.15) is 26.3 Å². The van der Waals surface area contributed by atoms with Crippen LogP contribution in [0.5, 0.6) is 0 Å². The van der Waals surface area contributed by atoms with Crippen molar-refractivity contribution in [2.75, 3.05) is 39.3 Å². The normalized spacial score (nSPS) is 15.7. The van der Waals surface area contributed by atoms with Gasteiger partial charge < -0.3 is 15.5 Å². The molecule has 1 aliphatic rings. The molecule has 0 radical (unpaired) electrons. The minimum atomic E-state index is -0.211. The fourth-order valence-corrected chi connectivity index (χ4v) is 2.84. The van der Waals surface area contributed by atoms with Crippen LogP contribution >= 0.6 is 0 Å². The first-order chi connectivity index (χ1) is 11.8. The molecule has 0 bridgehead atoms. The summed E-state index contributed by atoms with van der Waals surface area (Å²) in [5.74, 6) is 0.0354. The number of nitrogens with zero attached hydrogens (tertiary/aromatic N) is 2. The van der Waals surface area contributed by atoms with E-state index in [2.05, 4.69) is 27.7 Å². The molecule has 2 N–H and O–H groups in total. The van der Waals surface area contributed by atoms with Gasteiger partial charge in [-0.1, -0.05) is 30.3 Å². The van der Waals surface area contributed by atoms with E-state index < -0.39 is 0 Å². The SMILES string of the molecule is CC(C)(C)NC(=O)CN1CCN(C(=O)NCCc2ccccc2)CC1. The molecule has 1 heterocycles. The highest BCUT2D eigenvalue weighted by Gasteiger charge is 2.23. The molecule has 2 rings (SSSR count). The van der Waals surface area contributed by atoms with Crippen molar-refractivity contribution in [1.82, 2.24) is 20.4 Å². The minimum Gasteiger partial charge on any atom is -0.350 e. The Kier molecular flexibility index (Phi) is 6.82. The fourth-order valence-electron chi connectivity index (χ4n) is 2.84. The van der Waals surface area contributed by atoms with Gasteiger partial charge >= 0.3 is 6.03 Å². The zero-order chi connectivity index (χ0) is 18.3. The van der Waals surface area contributed by atoms with E-state index in [0.717, 1.165) is 19.5 Å². The van der Waals surface area contributed by atoms with Crippen LogP contribution in [0.4, 0.5) is 4.79 Å². The summed E-state index contributed by atoms with van der Waals surface area (Å²) in [6.07, 6.45) is 0.833. The minimum absolute atomic E-state index is 0.0188. The molecule has 1 fully saturated rings. The van der Waals surface area contributed by atoms with Crippen LogP contribution in [0, 0.1) is 0 Å². The summed E-state index contributed by atoms with van der Waals surface area (Å²) in [6.45, 7) is 9.71. The Morgan fingerprint density at radius 2 is 1.68 bits per heavy atom. The van der Waals surface area contributed by atoms with Gasteiger partial charge in [-0.15, -0.1) is 0 Å². The lowest BCUT2D eigenvalue weighted by molar-refractivity contribution is -0.123. The van der Waals surface area contributed by atoms with E-state index in [-0.39, 0.29) is 17.5 Å². The third-order valence-corrected chi connectivity index (χ3v) is 4.07. The molecule has 6 heteroatoms. The molecule has 1 aromatic carbocycles. The third-order valence-electron chi connectivity index (χ3n) is 4.07. The Balaban J connectivity index is 1.65. The predicted octanol–water partition coefficient (Wildman–Crippen LogP) is 1.47. The Bertz CT molecular complexity index is 561. The van der Waals surface area contributed by atoms with Crippen LogP contribution in [0.15, 0.2) is 30.3 Å². The van der Waals surface area contributed by atoms with Crippen molar-refractivity contribution in [2.24, 2.45) is 0 Å². The van der Waals surface area contributed by atoms with Crippen LogP contribution in [-0.4, -0.2) is 66.5 Å². The molecule has 0 atom stereocenters. The number of hydrogen-bond donors (Lipinski definition) is 2. The molecular formula is C19H30N4O2. The molecule has 6 nitrogen and oxygen atoms in total. The zero-order valence-electron chi connectivity index (χ0n) is 15.5. The summed E-state index contributed by atoms with van der Waals surface area (Å²) >= 11 is 0. The number of piperazine rings is 1. The van der Waals surface area contributed by atoms with Crippen molar-refractivity contribution in [3.05, 3.63) is 35.9 Å². The average molecular weight is 346 g/mol. The summed E-state index contributed by atoms with van der Waals surface area (Å²) in [7, 11) is 0. The van der Waals surface area contributed by atoms with Crippen molar-refractivity contribution in [2.45, 2.75) is 32.7 Å². The standard InChI is InChI=1S/C19H30N4O2/c1-19(2,3)21-17(24)15-22-11-13-23(14-12-22)18(25)20-10-9-16-7-5-4-6-8-16/h4-8H,9-15H2,1-3H3,(H,20,25)(H,21,24). The van der Waals surface area contributed by atoms with Crippen molar-refractivity contribution in [3.63, 3.8) is 0 Å². The first-order valence-electron chi connectivity index (χ1n) is 8.93. The van der Waals surface area contributed by atoms with E-state index in [4.69, 9.17) is 0 Å². The number of hydrogen-bond acceptors (Lipinski definition) is 3. The first kappa shape index (κ1) is 19.2. The van der Waals surface area contributed by atoms with E-state index in [1.165, 1.54) is 5.56 Å². The van der Waals surface area contributed by atoms with Crippen LogP contribution in [0.25, 0.3) is 0 Å². The van der Waals surface area contributed by atoms with Crippen LogP contribution in [-0.2, 0) is 11.2 Å². The Labute approximate surface area is 150 Å². The lowest BCUT2D eigenvalue weighted by Crippen LogP contribution is -2.54. The molecule has 3 amide bonds. The lowest BCUT2D eigenvalue weighted by atomic mass is 10.1. The summed E-state index contributed by atoms with van der Waals surface area (Å²) in [4.78, 5) is 28.1. The van der Waals surface area contributed by atoms with E-state index in [1.54, 1.807) is 0 Å². The van der Waals surface area contributed by atoms with Gasteiger partial charge in [0.2, 0.25) is 5.91 Å². The van der Waals surface area contributed by atoms with Crippen LogP contribution in [0.2, 0.25) is 0 Å². The molecule has 0 aromatic heterocycles. The number of amides is 3. The van der Waals surface area contributed by atoms with Gasteiger partial charge in [-0.05, 0) is 32.8 Å². The number of carbonyl (C=O) groups is 2. The maximum atomic E-state index is 12.2. The van der Waals surface area contributed by atoms with Gasteiger partial charge in [0.25, 0.3) is 0 Å². The second-order valence-electron chi connectivity index (χ2n) is 7.53. The Morgan fingerprint density at radius 3 is 2.28 bits per heavy atom. The van der Waals surface area contributed by atoms with Crippen LogP contribution < -0.4 is 10.6 Å². The number of urea groups is 1. The number of carbonyl (C=O) groups excluding carboxylic acids is 2. The molecule has 0 aliphatic carbocycles. The van der Waals surface area contributed by atoms with Crippen molar-refractivity contribution in [1.29, 1.82) is 0 Å². The molecule has 1 aliphatic heterocycles. The summed E-state index contributed by atoms with van der Waals surface area (Å²) in [6, 6.07) is 10.1. The van der Waals surface area contributed by atoms with Gasteiger partial charge in [0, 0.05) is 38.3 Å². The summed E-state index contributed by atoms with van der Waals surface area (Å²) in [5.41, 5.74) is 1.01. The monoisotopic (exact) mass is 346 g/mol. The first-order valence-corrected chi connectivity index (χ1v) is 8.93. The Morgan fingerprint density at radius 1 is 1.04 bits per heavy atom. The quantitative estimate of drug-likeness (QED) is 0.849. The second-order valence-corrected chi connectivity index (χ2v) is 7.53. The van der Waals surface area contributed by atoms with E-state index in [0.29, 0.717) is 26.2 Å². The molecule has 1 aromatic rings. The molecule has 1 saturated heterocycles. The molecular weight excluding hydrogens is 316 g/mol. The van der Waals surface area contributed by atoms with Crippen molar-refractivity contribution >= 4 is 11.9 Å². The van der Waals surface area contributed by atoms with Gasteiger partial charge in [-0.25, -0.2) is 4.79 Å². The molecule has 138 valence electrons. The average Bonchev–Trinajstić information content (AvgIpc) is 2.54. The number of benzene rings is 1. The maximum Gasteiger partial charge on any atom is 0.317 e. The van der Waals surface area contributed by atoms with Gasteiger partial charge in [-0.2, -0.15) is 0 Å². The maximum absolute atomic E-state index is 12.2. The lowest BCUT2D eigenvalue weighted by Gasteiger charge is -2.34. The molecule has 0 spiro atoms. The highest BCUT2D eigenvalue weighted by atomic mass is 16.2. The smallest absolute Gasteiger partial charge is 0.317 e. The Hall–Kier alpha value is -2.08.